The zero-order valence-electron chi connectivity index (χ0n) is 13.2. The van der Waals surface area contributed by atoms with E-state index in [2.05, 4.69) is 33.8 Å². The van der Waals surface area contributed by atoms with Gasteiger partial charge >= 0.3 is 0 Å². The fourth-order valence-corrected chi connectivity index (χ4v) is 3.16. The summed E-state index contributed by atoms with van der Waals surface area (Å²) in [5, 5.41) is 0. The highest BCUT2D eigenvalue weighted by Crippen LogP contribution is 2.36. The Kier molecular flexibility index (Phi) is 6.78. The van der Waals surface area contributed by atoms with E-state index in [9.17, 15) is 4.79 Å². The van der Waals surface area contributed by atoms with Gasteiger partial charge in [-0.1, -0.05) is 46.6 Å². The normalized spacial score (nSPS) is 28.4. The second-order valence-corrected chi connectivity index (χ2v) is 5.60. The summed E-state index contributed by atoms with van der Waals surface area (Å²) in [5.41, 5.74) is 1.29. The molecule has 3 atom stereocenters. The molecule has 3 unspecified atom stereocenters. The number of ketones is 1. The van der Waals surface area contributed by atoms with Crippen molar-refractivity contribution in [2.24, 2.45) is 11.8 Å². The quantitative estimate of drug-likeness (QED) is 0.633. The van der Waals surface area contributed by atoms with Crippen LogP contribution < -0.4 is 0 Å². The van der Waals surface area contributed by atoms with Crippen molar-refractivity contribution in [3.8, 4) is 0 Å². The van der Waals surface area contributed by atoms with Gasteiger partial charge in [-0.2, -0.15) is 0 Å². The fourth-order valence-electron chi connectivity index (χ4n) is 3.16. The van der Waals surface area contributed by atoms with Crippen molar-refractivity contribution in [3.05, 3.63) is 11.6 Å². The predicted molar refractivity (Wildman–Crippen MR) is 80.2 cm³/mol. The van der Waals surface area contributed by atoms with Crippen LogP contribution in [0.5, 0.6) is 0 Å². The molecule has 0 amide bonds. The Bertz CT molecular complexity index is 315. The minimum Gasteiger partial charge on any atom is -0.362 e. The summed E-state index contributed by atoms with van der Waals surface area (Å²) < 4.78 is 6.05. The van der Waals surface area contributed by atoms with Gasteiger partial charge in [-0.25, -0.2) is 0 Å². The lowest BCUT2D eigenvalue weighted by Gasteiger charge is -2.23. The molecule has 1 rings (SSSR count). The summed E-state index contributed by atoms with van der Waals surface area (Å²) in [7, 11) is 0. The molecule has 110 valence electrons. The summed E-state index contributed by atoms with van der Waals surface area (Å²) in [6, 6.07) is 0. The third-order valence-corrected chi connectivity index (χ3v) is 4.62. The standard InChI is InChI=1S/C17H30O2/c1-6-12(7-2)11-14-16(18)15(10-5)19-17(14)13(8-3)9-4/h8,12,14-15,17H,6-7,9-11H2,1-5H3/b13-8+. The number of hydrogen-bond donors (Lipinski definition) is 0. The van der Waals surface area contributed by atoms with Gasteiger partial charge in [0.2, 0.25) is 0 Å². The number of rotatable bonds is 7. The Balaban J connectivity index is 2.90. The van der Waals surface area contributed by atoms with E-state index in [1.807, 2.05) is 6.92 Å². The van der Waals surface area contributed by atoms with Crippen LogP contribution in [0.25, 0.3) is 0 Å². The highest BCUT2D eigenvalue weighted by atomic mass is 16.5. The lowest BCUT2D eigenvalue weighted by molar-refractivity contribution is -0.124. The van der Waals surface area contributed by atoms with Gasteiger partial charge in [0.1, 0.15) is 6.10 Å². The molecular formula is C17H30O2. The van der Waals surface area contributed by atoms with Crippen molar-refractivity contribution in [3.63, 3.8) is 0 Å². The highest BCUT2D eigenvalue weighted by Gasteiger charge is 2.43. The molecule has 1 saturated heterocycles. The van der Waals surface area contributed by atoms with Crippen LogP contribution in [0.2, 0.25) is 0 Å². The van der Waals surface area contributed by atoms with Gasteiger partial charge in [-0.15, -0.1) is 0 Å². The molecule has 1 heterocycles. The minimum atomic E-state index is -0.175. The molecule has 0 aromatic carbocycles. The largest absolute Gasteiger partial charge is 0.362 e. The Morgan fingerprint density at radius 2 is 1.89 bits per heavy atom. The average Bonchev–Trinajstić information content (AvgIpc) is 2.74. The summed E-state index contributed by atoms with van der Waals surface area (Å²) in [5.74, 6) is 1.07. The molecule has 0 N–H and O–H groups in total. The maximum atomic E-state index is 12.5. The molecule has 1 aliphatic rings. The zero-order chi connectivity index (χ0) is 14.4. The van der Waals surface area contributed by atoms with Crippen molar-refractivity contribution in [2.45, 2.75) is 78.9 Å². The van der Waals surface area contributed by atoms with Gasteiger partial charge in [0.15, 0.2) is 5.78 Å². The number of carbonyl (C=O) groups excluding carboxylic acids is 1. The minimum absolute atomic E-state index is 0.0352. The molecular weight excluding hydrogens is 236 g/mol. The zero-order valence-corrected chi connectivity index (χ0v) is 13.2. The van der Waals surface area contributed by atoms with Gasteiger partial charge in [-0.05, 0) is 37.7 Å². The van der Waals surface area contributed by atoms with E-state index in [4.69, 9.17) is 4.74 Å². The lowest BCUT2D eigenvalue weighted by Crippen LogP contribution is -2.25. The second kappa shape index (κ2) is 7.84. The van der Waals surface area contributed by atoms with E-state index in [0.717, 1.165) is 32.1 Å². The summed E-state index contributed by atoms with van der Waals surface area (Å²) in [6.07, 6.45) is 7.07. The first-order valence-corrected chi connectivity index (χ1v) is 7.96. The second-order valence-electron chi connectivity index (χ2n) is 5.60. The summed E-state index contributed by atoms with van der Waals surface area (Å²) >= 11 is 0. The molecule has 0 spiro atoms. The maximum Gasteiger partial charge on any atom is 0.167 e. The molecule has 0 bridgehead atoms. The Labute approximate surface area is 118 Å². The molecule has 0 aromatic heterocycles. The van der Waals surface area contributed by atoms with Crippen molar-refractivity contribution >= 4 is 5.78 Å². The third-order valence-electron chi connectivity index (χ3n) is 4.62. The number of hydrogen-bond acceptors (Lipinski definition) is 2. The smallest absolute Gasteiger partial charge is 0.167 e. The summed E-state index contributed by atoms with van der Waals surface area (Å²) in [6.45, 7) is 10.7. The lowest BCUT2D eigenvalue weighted by atomic mass is 9.82. The van der Waals surface area contributed by atoms with Crippen molar-refractivity contribution in [2.75, 3.05) is 0 Å². The van der Waals surface area contributed by atoms with E-state index in [-0.39, 0.29) is 18.1 Å². The molecule has 19 heavy (non-hydrogen) atoms. The molecule has 2 nitrogen and oxygen atoms in total. The Hall–Kier alpha value is -0.630. The highest BCUT2D eigenvalue weighted by molar-refractivity contribution is 5.88. The van der Waals surface area contributed by atoms with Crippen LogP contribution in [0.1, 0.15) is 66.7 Å². The molecule has 0 radical (unpaired) electrons. The first-order chi connectivity index (χ1) is 9.12. The van der Waals surface area contributed by atoms with Gasteiger partial charge in [0.25, 0.3) is 0 Å². The van der Waals surface area contributed by atoms with E-state index >= 15 is 0 Å². The fraction of sp³-hybridized carbons (Fsp3) is 0.824. The monoisotopic (exact) mass is 266 g/mol. The van der Waals surface area contributed by atoms with Gasteiger partial charge < -0.3 is 4.74 Å². The Morgan fingerprint density at radius 3 is 2.32 bits per heavy atom. The van der Waals surface area contributed by atoms with Crippen molar-refractivity contribution < 1.29 is 9.53 Å². The number of allylic oxidation sites excluding steroid dienone is 1. The molecule has 0 saturated carbocycles. The van der Waals surface area contributed by atoms with E-state index < -0.39 is 0 Å². The van der Waals surface area contributed by atoms with Crippen LogP contribution in [0.3, 0.4) is 0 Å². The van der Waals surface area contributed by atoms with Crippen molar-refractivity contribution in [1.29, 1.82) is 0 Å². The van der Waals surface area contributed by atoms with Gasteiger partial charge in [0.05, 0.1) is 12.0 Å². The molecule has 1 fully saturated rings. The van der Waals surface area contributed by atoms with E-state index in [1.165, 1.54) is 5.57 Å². The van der Waals surface area contributed by atoms with Crippen molar-refractivity contribution in [1.82, 2.24) is 0 Å². The van der Waals surface area contributed by atoms with Crippen LogP contribution in [-0.2, 0) is 9.53 Å². The average molecular weight is 266 g/mol. The molecule has 0 aliphatic carbocycles. The van der Waals surface area contributed by atoms with Crippen LogP contribution >= 0.6 is 0 Å². The molecule has 2 heteroatoms. The van der Waals surface area contributed by atoms with Crippen LogP contribution in [0.4, 0.5) is 0 Å². The SMILES string of the molecule is C/C=C(\CC)C1OC(CC)C(=O)C1CC(CC)CC. The van der Waals surface area contributed by atoms with Crippen LogP contribution in [-0.4, -0.2) is 18.0 Å². The number of carbonyl (C=O) groups is 1. The van der Waals surface area contributed by atoms with Crippen LogP contribution in [0, 0.1) is 11.8 Å². The van der Waals surface area contributed by atoms with E-state index in [0.29, 0.717) is 11.7 Å². The van der Waals surface area contributed by atoms with Gasteiger partial charge in [-0.3, -0.25) is 4.79 Å². The Morgan fingerprint density at radius 1 is 1.26 bits per heavy atom. The first-order valence-electron chi connectivity index (χ1n) is 7.96. The predicted octanol–water partition coefficient (Wildman–Crippen LogP) is 4.53. The number of Topliss-reactive ketones (excluding diaryl/α,β-unsaturated/α-hetero) is 1. The maximum absolute atomic E-state index is 12.5. The molecule has 0 aromatic rings. The third kappa shape index (κ3) is 3.68. The summed E-state index contributed by atoms with van der Waals surface area (Å²) in [4.78, 5) is 12.5. The first kappa shape index (κ1) is 16.4. The topological polar surface area (TPSA) is 26.3 Å². The van der Waals surface area contributed by atoms with Gasteiger partial charge in [0, 0.05) is 0 Å². The van der Waals surface area contributed by atoms with Crippen LogP contribution in [0.15, 0.2) is 11.6 Å². The number of ether oxygens (including phenoxy) is 1. The molecule has 1 aliphatic heterocycles. The van der Waals surface area contributed by atoms with E-state index in [1.54, 1.807) is 0 Å².